The molecule has 1 aromatic carbocycles. The molecular formula is C28H31N3+2. The monoisotopic (exact) mass is 409 g/mol. The molecule has 31 heavy (non-hydrogen) atoms. The predicted molar refractivity (Wildman–Crippen MR) is 126 cm³/mol. The number of hydrogen-bond donors (Lipinski definition) is 0. The van der Waals surface area contributed by atoms with Crippen molar-refractivity contribution in [1.82, 2.24) is 0 Å². The van der Waals surface area contributed by atoms with E-state index < -0.39 is 0 Å². The van der Waals surface area contributed by atoms with Crippen molar-refractivity contribution in [3.05, 3.63) is 76.6 Å². The van der Waals surface area contributed by atoms with Gasteiger partial charge in [0.25, 0.3) is 11.4 Å². The summed E-state index contributed by atoms with van der Waals surface area (Å²) in [5.74, 6) is 0. The first-order valence-electron chi connectivity index (χ1n) is 11.9. The number of hydrogen-bond acceptors (Lipinski definition) is 1. The second-order valence-electron chi connectivity index (χ2n) is 9.39. The second kappa shape index (κ2) is 7.64. The molecule has 0 bridgehead atoms. The van der Waals surface area contributed by atoms with Crippen LogP contribution in [0.25, 0.3) is 23.5 Å². The lowest BCUT2D eigenvalue weighted by molar-refractivity contribution is -0.688. The van der Waals surface area contributed by atoms with Crippen molar-refractivity contribution in [2.45, 2.75) is 52.1 Å². The van der Waals surface area contributed by atoms with E-state index in [9.17, 15) is 0 Å². The van der Waals surface area contributed by atoms with Crippen molar-refractivity contribution < 1.29 is 9.13 Å². The number of aryl methyl sites for hydroxylation is 5. The highest BCUT2D eigenvalue weighted by atomic mass is 15.1. The summed E-state index contributed by atoms with van der Waals surface area (Å²) in [6, 6.07) is 14.0. The number of benzene rings is 1. The van der Waals surface area contributed by atoms with E-state index in [2.05, 4.69) is 81.9 Å². The molecule has 2 aromatic heterocycles. The maximum atomic E-state index is 2.62. The topological polar surface area (TPSA) is 11.0 Å². The van der Waals surface area contributed by atoms with Crippen molar-refractivity contribution in [3.8, 4) is 11.4 Å². The Morgan fingerprint density at radius 1 is 0.742 bits per heavy atom. The van der Waals surface area contributed by atoms with Crippen molar-refractivity contribution in [3.63, 3.8) is 0 Å². The molecule has 3 aliphatic heterocycles. The first-order valence-corrected chi connectivity index (χ1v) is 11.9. The van der Waals surface area contributed by atoms with Gasteiger partial charge in [-0.05, 0) is 72.6 Å². The molecule has 0 fully saturated rings. The molecule has 0 saturated heterocycles. The van der Waals surface area contributed by atoms with Gasteiger partial charge in [-0.1, -0.05) is 12.2 Å². The van der Waals surface area contributed by atoms with Gasteiger partial charge < -0.3 is 4.90 Å². The van der Waals surface area contributed by atoms with Crippen LogP contribution in [0.15, 0.2) is 48.8 Å². The smallest absolute Gasteiger partial charge is 0.277 e. The highest BCUT2D eigenvalue weighted by molar-refractivity contribution is 5.74. The van der Waals surface area contributed by atoms with E-state index in [0.717, 1.165) is 13.1 Å². The Balaban J connectivity index is 1.36. The number of fused-ring (bicyclic) bond motifs is 3. The Labute approximate surface area is 185 Å². The summed E-state index contributed by atoms with van der Waals surface area (Å²) in [6.07, 6.45) is 15.3. The van der Waals surface area contributed by atoms with Gasteiger partial charge in [0.1, 0.15) is 0 Å². The molecule has 0 atom stereocenters. The zero-order chi connectivity index (χ0) is 20.8. The summed E-state index contributed by atoms with van der Waals surface area (Å²) in [5.41, 5.74) is 11.3. The van der Waals surface area contributed by atoms with Crippen molar-refractivity contribution >= 4 is 17.8 Å². The van der Waals surface area contributed by atoms with Gasteiger partial charge in [0.2, 0.25) is 0 Å². The molecule has 3 aromatic rings. The number of pyridine rings is 2. The van der Waals surface area contributed by atoms with E-state index in [1.165, 1.54) is 73.3 Å². The molecule has 0 unspecified atom stereocenters. The molecule has 0 N–H and O–H groups in total. The summed E-state index contributed by atoms with van der Waals surface area (Å²) in [4.78, 5) is 2.62. The lowest BCUT2D eigenvalue weighted by Crippen LogP contribution is -2.37. The number of aromatic nitrogens is 2. The fraction of sp³-hybridized carbons (Fsp3) is 0.357. The lowest BCUT2D eigenvalue weighted by Gasteiger charge is -2.37. The Morgan fingerprint density at radius 2 is 1.39 bits per heavy atom. The molecule has 3 nitrogen and oxygen atoms in total. The molecule has 0 radical (unpaired) electrons. The Kier molecular flexibility index (Phi) is 4.63. The van der Waals surface area contributed by atoms with E-state index in [4.69, 9.17) is 0 Å². The third kappa shape index (κ3) is 3.46. The average molecular weight is 410 g/mol. The molecule has 6 rings (SSSR count). The minimum Gasteiger partial charge on any atom is -0.371 e. The highest BCUT2D eigenvalue weighted by Crippen LogP contribution is 2.36. The summed E-state index contributed by atoms with van der Waals surface area (Å²) >= 11 is 0. The van der Waals surface area contributed by atoms with Crippen molar-refractivity contribution in [2.75, 3.05) is 18.0 Å². The Morgan fingerprint density at radius 3 is 2.13 bits per heavy atom. The molecule has 0 aliphatic carbocycles. The zero-order valence-corrected chi connectivity index (χ0v) is 18.5. The van der Waals surface area contributed by atoms with E-state index >= 15 is 0 Å². The van der Waals surface area contributed by atoms with Crippen LogP contribution in [0.3, 0.4) is 0 Å². The van der Waals surface area contributed by atoms with Gasteiger partial charge >= 0.3 is 0 Å². The van der Waals surface area contributed by atoms with Gasteiger partial charge in [-0.3, -0.25) is 0 Å². The van der Waals surface area contributed by atoms with E-state index in [-0.39, 0.29) is 0 Å². The minimum atomic E-state index is 1.07. The zero-order valence-electron chi connectivity index (χ0n) is 18.5. The molecule has 156 valence electrons. The van der Waals surface area contributed by atoms with Crippen molar-refractivity contribution in [2.24, 2.45) is 0 Å². The van der Waals surface area contributed by atoms with Gasteiger partial charge in [-0.25, -0.2) is 0 Å². The standard InChI is InChI=1S/C28H31N3/c1-21-9-15-29-13-4-14-30-16-10-22(20-27(30)26(29)17-21)7-8-23-18-24-5-2-11-31-12-3-6-25(19-23)28(24)31/h7-10,15-20H,2-6,11-14H2,1H3/q+2. The molecule has 3 heteroatoms. The summed E-state index contributed by atoms with van der Waals surface area (Å²) in [6.45, 7) is 6.81. The van der Waals surface area contributed by atoms with Crippen LogP contribution in [0, 0.1) is 6.92 Å². The van der Waals surface area contributed by atoms with Crippen LogP contribution in [0.2, 0.25) is 0 Å². The summed E-state index contributed by atoms with van der Waals surface area (Å²) in [5, 5.41) is 0. The fourth-order valence-electron chi connectivity index (χ4n) is 5.65. The SMILES string of the molecule is Cc1cc[n+]2c(c1)-c1cc(/C=C/c3cc4c5c(c3)CCCN5CCC4)cc[n+]1CCC2. The summed E-state index contributed by atoms with van der Waals surface area (Å²) in [7, 11) is 0. The van der Waals surface area contributed by atoms with Crippen LogP contribution in [-0.2, 0) is 25.9 Å². The number of anilines is 1. The number of rotatable bonds is 2. The predicted octanol–water partition coefficient (Wildman–Crippen LogP) is 4.51. The lowest BCUT2D eigenvalue weighted by atomic mass is 9.90. The highest BCUT2D eigenvalue weighted by Gasteiger charge is 2.27. The largest absolute Gasteiger partial charge is 0.371 e. The van der Waals surface area contributed by atoms with E-state index in [1.54, 1.807) is 16.8 Å². The molecular weight excluding hydrogens is 378 g/mol. The quantitative estimate of drug-likeness (QED) is 0.567. The normalized spacial score (nSPS) is 17.1. The Hall–Kier alpha value is -2.94. The van der Waals surface area contributed by atoms with Crippen molar-refractivity contribution in [1.29, 1.82) is 0 Å². The minimum absolute atomic E-state index is 1.07. The van der Waals surface area contributed by atoms with Crippen LogP contribution in [0.5, 0.6) is 0 Å². The van der Waals surface area contributed by atoms with E-state index in [0.29, 0.717) is 0 Å². The molecule has 3 aliphatic rings. The molecule has 0 amide bonds. The van der Waals surface area contributed by atoms with Crippen LogP contribution in [0.1, 0.15) is 47.1 Å². The van der Waals surface area contributed by atoms with Gasteiger partial charge in [-0.2, -0.15) is 9.13 Å². The van der Waals surface area contributed by atoms with Gasteiger partial charge in [-0.15, -0.1) is 0 Å². The van der Waals surface area contributed by atoms with E-state index in [1.807, 2.05) is 0 Å². The van der Waals surface area contributed by atoms with Gasteiger partial charge in [0.15, 0.2) is 25.5 Å². The Bertz CT molecular complexity index is 1160. The molecule has 0 saturated carbocycles. The first kappa shape index (κ1) is 18.8. The fourth-order valence-corrected chi connectivity index (χ4v) is 5.65. The average Bonchev–Trinajstić information content (AvgIpc) is 2.97. The second-order valence-corrected chi connectivity index (χ2v) is 9.39. The summed E-state index contributed by atoms with van der Waals surface area (Å²) < 4.78 is 4.81. The molecule has 5 heterocycles. The van der Waals surface area contributed by atoms with Crippen LogP contribution in [-0.4, -0.2) is 13.1 Å². The maximum absolute atomic E-state index is 2.62. The van der Waals surface area contributed by atoms with Crippen LogP contribution >= 0.6 is 0 Å². The first-order chi connectivity index (χ1) is 15.2. The molecule has 0 spiro atoms. The van der Waals surface area contributed by atoms with Crippen LogP contribution in [0.4, 0.5) is 5.69 Å². The van der Waals surface area contributed by atoms with Crippen LogP contribution < -0.4 is 14.0 Å². The number of nitrogens with zero attached hydrogens (tertiary/aromatic N) is 3. The third-order valence-electron chi connectivity index (χ3n) is 7.13. The van der Waals surface area contributed by atoms with Gasteiger partial charge in [0.05, 0.1) is 6.42 Å². The third-order valence-corrected chi connectivity index (χ3v) is 7.13. The maximum Gasteiger partial charge on any atom is 0.277 e. The van der Waals surface area contributed by atoms with Gasteiger partial charge in [0, 0.05) is 43.0 Å².